The highest BCUT2D eigenvalue weighted by molar-refractivity contribution is 7.09. The smallest absolute Gasteiger partial charge is 0.340 e. The Bertz CT molecular complexity index is 578. The Morgan fingerprint density at radius 2 is 2.16 bits per heavy atom. The fourth-order valence-electron chi connectivity index (χ4n) is 1.47. The van der Waals surface area contributed by atoms with Crippen LogP contribution in [0.15, 0.2) is 4.79 Å². The zero-order chi connectivity index (χ0) is 13.9. The van der Waals surface area contributed by atoms with Crippen LogP contribution in [-0.4, -0.2) is 31.1 Å². The maximum atomic E-state index is 10.8. The van der Waals surface area contributed by atoms with Crippen LogP contribution in [0.1, 0.15) is 38.8 Å². The highest BCUT2D eigenvalue weighted by atomic mass is 32.1. The molecule has 0 spiro atoms. The van der Waals surface area contributed by atoms with Gasteiger partial charge in [0.15, 0.2) is 0 Å². The third kappa shape index (κ3) is 3.88. The average Bonchev–Trinajstić information content (AvgIpc) is 2.93. The van der Waals surface area contributed by atoms with Crippen molar-refractivity contribution < 1.29 is 0 Å². The van der Waals surface area contributed by atoms with E-state index < -0.39 is 0 Å². The molecule has 0 fully saturated rings. The number of nitrogens with zero attached hydrogens (tertiary/aromatic N) is 3. The second-order valence-corrected chi connectivity index (χ2v) is 6.08. The number of anilines is 1. The molecule has 0 bridgehead atoms. The molecule has 2 heterocycles. The molecule has 0 aliphatic carbocycles. The van der Waals surface area contributed by atoms with Gasteiger partial charge in [-0.1, -0.05) is 20.8 Å². The maximum absolute atomic E-state index is 10.8. The number of aromatic amines is 2. The Hall–Kier alpha value is -1.70. The summed E-state index contributed by atoms with van der Waals surface area (Å²) in [6.45, 7) is 7.04. The number of hydrogen-bond acceptors (Lipinski definition) is 6. The molecule has 0 aliphatic heterocycles. The van der Waals surface area contributed by atoms with E-state index in [0.29, 0.717) is 5.82 Å². The molecule has 0 saturated carbocycles. The van der Waals surface area contributed by atoms with E-state index in [-0.39, 0.29) is 11.1 Å². The summed E-state index contributed by atoms with van der Waals surface area (Å²) in [5.74, 6) is 1.54. The molecular formula is C11H18N6OS. The Balaban J connectivity index is 1.77. The van der Waals surface area contributed by atoms with Crippen LogP contribution in [0.5, 0.6) is 0 Å². The van der Waals surface area contributed by atoms with Crippen molar-refractivity contribution in [1.29, 1.82) is 0 Å². The van der Waals surface area contributed by atoms with E-state index in [1.807, 2.05) is 0 Å². The van der Waals surface area contributed by atoms with Crippen molar-refractivity contribution >= 4 is 16.7 Å². The molecule has 0 aromatic carbocycles. The Morgan fingerprint density at radius 1 is 1.37 bits per heavy atom. The molecule has 0 amide bonds. The Kier molecular flexibility index (Phi) is 3.98. The zero-order valence-corrected chi connectivity index (χ0v) is 12.1. The molecule has 0 radical (unpaired) electrons. The highest BCUT2D eigenvalue weighted by Crippen LogP contribution is 2.22. The topological polar surface area (TPSA) is 99.4 Å². The van der Waals surface area contributed by atoms with Crippen LogP contribution in [-0.2, 0) is 11.8 Å². The van der Waals surface area contributed by atoms with Crippen LogP contribution in [0.2, 0.25) is 0 Å². The van der Waals surface area contributed by atoms with Gasteiger partial charge in [-0.2, -0.15) is 9.47 Å². The van der Waals surface area contributed by atoms with Crippen molar-refractivity contribution in [1.82, 2.24) is 24.5 Å². The van der Waals surface area contributed by atoms with Crippen LogP contribution >= 0.6 is 11.5 Å². The largest absolute Gasteiger partial charge is 0.360 e. The number of aryl methyl sites for hydroxylation is 1. The van der Waals surface area contributed by atoms with Crippen molar-refractivity contribution in [2.45, 2.75) is 39.0 Å². The first-order valence-corrected chi connectivity index (χ1v) is 6.94. The van der Waals surface area contributed by atoms with Crippen LogP contribution in [0, 0.1) is 0 Å². The molecule has 2 aromatic rings. The van der Waals surface area contributed by atoms with Gasteiger partial charge < -0.3 is 5.32 Å². The quantitative estimate of drug-likeness (QED) is 0.718. The van der Waals surface area contributed by atoms with Gasteiger partial charge >= 0.3 is 5.69 Å². The minimum absolute atomic E-state index is 0.0229. The first-order valence-electron chi connectivity index (χ1n) is 6.17. The van der Waals surface area contributed by atoms with Crippen molar-refractivity contribution in [3.05, 3.63) is 22.1 Å². The van der Waals surface area contributed by atoms with Crippen LogP contribution in [0.3, 0.4) is 0 Å². The minimum Gasteiger partial charge on any atom is -0.360 e. The molecule has 3 N–H and O–H groups in total. The van der Waals surface area contributed by atoms with E-state index in [4.69, 9.17) is 0 Å². The van der Waals surface area contributed by atoms with Gasteiger partial charge in [-0.25, -0.2) is 14.9 Å². The van der Waals surface area contributed by atoms with E-state index in [2.05, 4.69) is 50.6 Å². The van der Waals surface area contributed by atoms with Crippen molar-refractivity contribution in [3.63, 3.8) is 0 Å². The van der Waals surface area contributed by atoms with Gasteiger partial charge in [-0.3, -0.25) is 4.98 Å². The lowest BCUT2D eigenvalue weighted by Gasteiger charge is -2.12. The number of hydrogen-bond donors (Lipinski definition) is 3. The molecule has 0 aliphatic rings. The lowest BCUT2D eigenvalue weighted by atomic mass is 9.96. The molecule has 2 rings (SSSR count). The van der Waals surface area contributed by atoms with Gasteiger partial charge in [0, 0.05) is 29.9 Å². The van der Waals surface area contributed by atoms with E-state index >= 15 is 0 Å². The van der Waals surface area contributed by atoms with Gasteiger partial charge in [0.05, 0.1) is 0 Å². The van der Waals surface area contributed by atoms with Crippen molar-refractivity contribution in [3.8, 4) is 0 Å². The van der Waals surface area contributed by atoms with Crippen molar-refractivity contribution in [2.24, 2.45) is 0 Å². The fourth-order valence-corrected chi connectivity index (χ4v) is 2.26. The van der Waals surface area contributed by atoms with Crippen molar-refractivity contribution in [2.75, 3.05) is 11.9 Å². The molecule has 19 heavy (non-hydrogen) atoms. The second-order valence-electron chi connectivity index (χ2n) is 5.33. The summed E-state index contributed by atoms with van der Waals surface area (Å²) in [7, 11) is 0. The van der Waals surface area contributed by atoms with E-state index in [9.17, 15) is 4.79 Å². The molecule has 0 saturated heterocycles. The molecule has 2 aromatic heterocycles. The molecule has 0 unspecified atom stereocenters. The zero-order valence-electron chi connectivity index (χ0n) is 11.3. The molecule has 104 valence electrons. The Labute approximate surface area is 115 Å². The molecule has 8 heteroatoms. The van der Waals surface area contributed by atoms with Gasteiger partial charge in [0.1, 0.15) is 11.6 Å². The lowest BCUT2D eigenvalue weighted by Crippen LogP contribution is -2.13. The Morgan fingerprint density at radius 3 is 2.74 bits per heavy atom. The van der Waals surface area contributed by atoms with Gasteiger partial charge in [-0.05, 0) is 6.42 Å². The predicted molar refractivity (Wildman–Crippen MR) is 74.6 cm³/mol. The summed E-state index contributed by atoms with van der Waals surface area (Å²) in [4.78, 5) is 17.9. The third-order valence-corrected chi connectivity index (χ3v) is 3.19. The number of aromatic nitrogens is 5. The van der Waals surface area contributed by atoms with Crippen LogP contribution in [0.25, 0.3) is 0 Å². The molecular weight excluding hydrogens is 264 g/mol. The minimum atomic E-state index is -0.262. The van der Waals surface area contributed by atoms with E-state index in [0.717, 1.165) is 30.3 Å². The average molecular weight is 282 g/mol. The molecule has 0 atom stereocenters. The first kappa shape index (κ1) is 13.7. The summed E-state index contributed by atoms with van der Waals surface area (Å²) in [6, 6.07) is 0. The van der Waals surface area contributed by atoms with Gasteiger partial charge in [-0.15, -0.1) is 0 Å². The molecule has 7 nitrogen and oxygen atoms in total. The maximum Gasteiger partial charge on any atom is 0.340 e. The van der Waals surface area contributed by atoms with Gasteiger partial charge in [0.2, 0.25) is 5.13 Å². The summed E-state index contributed by atoms with van der Waals surface area (Å²) < 4.78 is 4.33. The number of H-pyrrole nitrogens is 2. The SMILES string of the molecule is CC(C)(C)c1nsc(NCCCc2n[nH]c(=O)[nH]2)n1. The summed E-state index contributed by atoms with van der Waals surface area (Å²) in [5.41, 5.74) is -0.285. The number of rotatable bonds is 5. The summed E-state index contributed by atoms with van der Waals surface area (Å²) >= 11 is 1.37. The normalized spacial score (nSPS) is 11.7. The van der Waals surface area contributed by atoms with Crippen LogP contribution < -0.4 is 11.0 Å². The lowest BCUT2D eigenvalue weighted by molar-refractivity contribution is 0.555. The number of nitrogens with one attached hydrogen (secondary N) is 3. The predicted octanol–water partition coefficient (Wildman–Crippen LogP) is 1.29. The fraction of sp³-hybridized carbons (Fsp3) is 0.636. The highest BCUT2D eigenvalue weighted by Gasteiger charge is 2.19. The standard InChI is InChI=1S/C11H18N6OS/c1-11(2,3)8-14-10(19-17-8)12-6-4-5-7-13-9(18)16-15-7/h4-6H2,1-3H3,(H,12,14,17)(H2,13,15,16,18). The van der Waals surface area contributed by atoms with E-state index in [1.165, 1.54) is 11.5 Å². The monoisotopic (exact) mass is 282 g/mol. The van der Waals surface area contributed by atoms with Gasteiger partial charge in [0.25, 0.3) is 0 Å². The van der Waals surface area contributed by atoms with Crippen LogP contribution in [0.4, 0.5) is 5.13 Å². The van der Waals surface area contributed by atoms with E-state index in [1.54, 1.807) is 0 Å². The second kappa shape index (κ2) is 5.52. The summed E-state index contributed by atoms with van der Waals surface area (Å²) in [6.07, 6.45) is 1.59. The first-order chi connectivity index (χ1) is 8.95. The third-order valence-electron chi connectivity index (χ3n) is 2.51. The summed E-state index contributed by atoms with van der Waals surface area (Å²) in [5, 5.41) is 10.3.